The minimum Gasteiger partial charge on any atom is -0.450 e. The summed E-state index contributed by atoms with van der Waals surface area (Å²) in [6.07, 6.45) is 13.4. The zero-order chi connectivity index (χ0) is 20.3. The maximum atomic E-state index is 12.3. The summed E-state index contributed by atoms with van der Waals surface area (Å²) in [6, 6.07) is 10.1. The van der Waals surface area contributed by atoms with E-state index in [1.807, 2.05) is 18.2 Å². The first-order valence-corrected chi connectivity index (χ1v) is 12.0. The quantitative estimate of drug-likeness (QED) is 0.364. The Kier molecular flexibility index (Phi) is 9.13. The number of unbranched alkanes of at least 4 members (excludes halogenated alkanes) is 7. The van der Waals surface area contributed by atoms with Crippen molar-refractivity contribution in [2.24, 2.45) is 0 Å². The predicted octanol–water partition coefficient (Wildman–Crippen LogP) is 6.20. The Morgan fingerprint density at radius 3 is 2.55 bits per heavy atom. The van der Waals surface area contributed by atoms with E-state index in [0.717, 1.165) is 29.9 Å². The number of aromatic nitrogens is 1. The standard InChI is InChI=1S/C24H33NO3S/c1-2-3-4-5-6-7-8-12-15-20-18-21-22(29-20)25-24(28-23(21)26)27-17-16-19-13-10-9-11-14-19/h9-11,13-14,20H,2-8,12,15-18H2,1H3. The highest BCUT2D eigenvalue weighted by Crippen LogP contribution is 2.37. The highest BCUT2D eigenvalue weighted by Gasteiger charge is 2.28. The lowest BCUT2D eigenvalue weighted by atomic mass is 10.0. The molecule has 1 aromatic heterocycles. The molecular formula is C24H33NO3S. The highest BCUT2D eigenvalue weighted by atomic mass is 32.2. The van der Waals surface area contributed by atoms with E-state index >= 15 is 0 Å². The van der Waals surface area contributed by atoms with Gasteiger partial charge in [0, 0.05) is 11.7 Å². The third kappa shape index (κ3) is 7.22. The second-order valence-electron chi connectivity index (χ2n) is 7.84. The lowest BCUT2D eigenvalue weighted by molar-refractivity contribution is 0.211. The van der Waals surface area contributed by atoms with Crippen LogP contribution in [0.3, 0.4) is 0 Å². The third-order valence-corrected chi connectivity index (χ3v) is 6.72. The SMILES string of the molecule is CCCCCCCCCCC1Cc2c(nc(OCCc3ccccc3)oc2=O)S1. The Balaban J connectivity index is 1.38. The van der Waals surface area contributed by atoms with Gasteiger partial charge in [-0.2, -0.15) is 4.98 Å². The Morgan fingerprint density at radius 1 is 1.07 bits per heavy atom. The van der Waals surface area contributed by atoms with Crippen molar-refractivity contribution in [1.29, 1.82) is 0 Å². The maximum Gasteiger partial charge on any atom is 0.397 e. The lowest BCUT2D eigenvalue weighted by Gasteiger charge is -2.07. The fourth-order valence-corrected chi connectivity index (χ4v) is 5.01. The van der Waals surface area contributed by atoms with Crippen LogP contribution in [-0.4, -0.2) is 16.8 Å². The van der Waals surface area contributed by atoms with Gasteiger partial charge in [-0.3, -0.25) is 0 Å². The summed E-state index contributed by atoms with van der Waals surface area (Å²) in [5.74, 6) is 0. The molecular weight excluding hydrogens is 382 g/mol. The van der Waals surface area contributed by atoms with Crippen LogP contribution in [-0.2, 0) is 12.8 Å². The number of fused-ring (bicyclic) bond motifs is 1. The molecule has 4 nitrogen and oxygen atoms in total. The third-order valence-electron chi connectivity index (χ3n) is 5.43. The van der Waals surface area contributed by atoms with Crippen LogP contribution in [0.15, 0.2) is 44.6 Å². The van der Waals surface area contributed by atoms with Crippen molar-refractivity contribution >= 4 is 11.8 Å². The molecule has 0 radical (unpaired) electrons. The summed E-state index contributed by atoms with van der Waals surface area (Å²) in [6.45, 7) is 2.71. The van der Waals surface area contributed by atoms with Gasteiger partial charge in [0.15, 0.2) is 0 Å². The largest absolute Gasteiger partial charge is 0.450 e. The normalized spacial score (nSPS) is 15.4. The number of hydrogen-bond donors (Lipinski definition) is 0. The zero-order valence-electron chi connectivity index (χ0n) is 17.5. The number of benzene rings is 1. The van der Waals surface area contributed by atoms with Crippen LogP contribution in [0, 0.1) is 0 Å². The molecule has 0 fully saturated rings. The Bertz CT molecular complexity index is 790. The molecule has 29 heavy (non-hydrogen) atoms. The monoisotopic (exact) mass is 415 g/mol. The van der Waals surface area contributed by atoms with Crippen LogP contribution in [0.25, 0.3) is 0 Å². The van der Waals surface area contributed by atoms with E-state index in [0.29, 0.717) is 11.9 Å². The molecule has 3 rings (SSSR count). The molecule has 2 heterocycles. The van der Waals surface area contributed by atoms with Crippen molar-refractivity contribution in [2.45, 2.75) is 87.8 Å². The van der Waals surface area contributed by atoms with Gasteiger partial charge in [-0.1, -0.05) is 88.6 Å². The van der Waals surface area contributed by atoms with E-state index in [-0.39, 0.29) is 11.7 Å². The molecule has 0 aliphatic carbocycles. The zero-order valence-corrected chi connectivity index (χ0v) is 18.3. The van der Waals surface area contributed by atoms with Crippen molar-refractivity contribution in [1.82, 2.24) is 4.98 Å². The van der Waals surface area contributed by atoms with Crippen molar-refractivity contribution < 1.29 is 9.15 Å². The van der Waals surface area contributed by atoms with E-state index in [9.17, 15) is 4.79 Å². The average Bonchev–Trinajstić information content (AvgIpc) is 3.14. The first kappa shape index (κ1) is 21.9. The predicted molar refractivity (Wildman–Crippen MR) is 119 cm³/mol. The van der Waals surface area contributed by atoms with Gasteiger partial charge in [0.1, 0.15) is 5.03 Å². The van der Waals surface area contributed by atoms with E-state index in [1.165, 1.54) is 56.9 Å². The van der Waals surface area contributed by atoms with Gasteiger partial charge < -0.3 is 9.15 Å². The Hall–Kier alpha value is -1.75. The average molecular weight is 416 g/mol. The second kappa shape index (κ2) is 12.1. The number of thioether (sulfide) groups is 1. The summed E-state index contributed by atoms with van der Waals surface area (Å²) in [7, 11) is 0. The molecule has 0 bridgehead atoms. The van der Waals surface area contributed by atoms with Crippen LogP contribution in [0.2, 0.25) is 0 Å². The van der Waals surface area contributed by atoms with Gasteiger partial charge in [0.25, 0.3) is 0 Å². The van der Waals surface area contributed by atoms with Crippen LogP contribution >= 0.6 is 11.8 Å². The van der Waals surface area contributed by atoms with Gasteiger partial charge in [-0.25, -0.2) is 4.79 Å². The van der Waals surface area contributed by atoms with E-state index in [2.05, 4.69) is 24.0 Å². The number of nitrogens with zero attached hydrogens (tertiary/aromatic N) is 1. The summed E-state index contributed by atoms with van der Waals surface area (Å²) in [5, 5.41) is 1.25. The fourth-order valence-electron chi connectivity index (χ4n) is 3.73. The van der Waals surface area contributed by atoms with Crippen molar-refractivity contribution in [2.75, 3.05) is 6.61 Å². The van der Waals surface area contributed by atoms with Crippen LogP contribution in [0.4, 0.5) is 0 Å². The number of ether oxygens (including phenoxy) is 1. The van der Waals surface area contributed by atoms with Crippen molar-refractivity contribution in [3.05, 3.63) is 51.9 Å². The minimum absolute atomic E-state index is 0.102. The fraction of sp³-hybridized carbons (Fsp3) is 0.583. The maximum absolute atomic E-state index is 12.3. The van der Waals surface area contributed by atoms with Crippen LogP contribution in [0.5, 0.6) is 6.08 Å². The molecule has 5 heteroatoms. The van der Waals surface area contributed by atoms with Gasteiger partial charge in [0.05, 0.1) is 12.2 Å². The summed E-state index contributed by atoms with van der Waals surface area (Å²) >= 11 is 1.72. The van der Waals surface area contributed by atoms with Crippen LogP contribution in [0.1, 0.15) is 75.8 Å². The smallest absolute Gasteiger partial charge is 0.397 e. The topological polar surface area (TPSA) is 52.3 Å². The van der Waals surface area contributed by atoms with E-state index in [1.54, 1.807) is 11.8 Å². The molecule has 0 N–H and O–H groups in total. The molecule has 158 valence electrons. The van der Waals surface area contributed by atoms with Crippen molar-refractivity contribution in [3.8, 4) is 6.08 Å². The molecule has 0 saturated carbocycles. The first-order chi connectivity index (χ1) is 14.3. The molecule has 2 aromatic rings. The van der Waals surface area contributed by atoms with Gasteiger partial charge >= 0.3 is 11.7 Å². The van der Waals surface area contributed by atoms with Crippen LogP contribution < -0.4 is 10.4 Å². The molecule has 0 amide bonds. The summed E-state index contributed by atoms with van der Waals surface area (Å²) in [5.41, 5.74) is 1.64. The molecule has 0 saturated heterocycles. The molecule has 1 aliphatic rings. The molecule has 1 aromatic carbocycles. The van der Waals surface area contributed by atoms with Gasteiger partial charge in [-0.15, -0.1) is 11.8 Å². The van der Waals surface area contributed by atoms with E-state index < -0.39 is 0 Å². The number of hydrogen-bond acceptors (Lipinski definition) is 5. The van der Waals surface area contributed by atoms with Crippen molar-refractivity contribution in [3.63, 3.8) is 0 Å². The minimum atomic E-state index is -0.282. The summed E-state index contributed by atoms with van der Waals surface area (Å²) < 4.78 is 10.9. The molecule has 1 aliphatic heterocycles. The molecule has 1 atom stereocenters. The first-order valence-electron chi connectivity index (χ1n) is 11.1. The molecule has 0 spiro atoms. The molecule has 1 unspecified atom stereocenters. The lowest BCUT2D eigenvalue weighted by Crippen LogP contribution is -2.12. The summed E-state index contributed by atoms with van der Waals surface area (Å²) in [4.78, 5) is 16.8. The number of rotatable bonds is 13. The second-order valence-corrected chi connectivity index (χ2v) is 9.13. The van der Waals surface area contributed by atoms with Gasteiger partial charge in [-0.05, 0) is 18.4 Å². The Morgan fingerprint density at radius 2 is 1.79 bits per heavy atom. The Labute approximate surface area is 178 Å². The van der Waals surface area contributed by atoms with Gasteiger partial charge in [0.2, 0.25) is 0 Å². The highest BCUT2D eigenvalue weighted by molar-refractivity contribution is 8.00. The van der Waals surface area contributed by atoms with E-state index in [4.69, 9.17) is 9.15 Å².